The highest BCUT2D eigenvalue weighted by Crippen LogP contribution is 2.17. The molecule has 0 N–H and O–H groups in total. The minimum absolute atomic E-state index is 0.0766. The van der Waals surface area contributed by atoms with E-state index in [0.717, 1.165) is 0 Å². The summed E-state index contributed by atoms with van der Waals surface area (Å²) in [5.74, 6) is 0.0766. The third-order valence-electron chi connectivity index (χ3n) is 2.18. The fourth-order valence-corrected chi connectivity index (χ4v) is 21.5. The Morgan fingerprint density at radius 1 is 0.789 bits per heavy atom. The molecule has 0 heterocycles. The largest absolute Gasteiger partial charge is 0.461 e. The van der Waals surface area contributed by atoms with E-state index in [0.29, 0.717) is 0 Å². The molecule has 0 aliphatic carbocycles. The van der Waals surface area contributed by atoms with E-state index in [9.17, 15) is 0 Å². The van der Waals surface area contributed by atoms with E-state index < -0.39 is 42.5 Å². The highest BCUT2D eigenvalue weighted by Gasteiger charge is 2.34. The molecule has 0 rings (SSSR count). The van der Waals surface area contributed by atoms with Gasteiger partial charge in [0.2, 0.25) is 0 Å². The topological polar surface area (TPSA) is 27.7 Å². The zero-order chi connectivity index (χ0) is 15.5. The summed E-state index contributed by atoms with van der Waals surface area (Å²) in [4.78, 5) is 0. The van der Waals surface area contributed by atoms with Gasteiger partial charge in [0, 0.05) is 0 Å². The summed E-state index contributed by atoms with van der Waals surface area (Å²) in [5.41, 5.74) is 0. The van der Waals surface area contributed by atoms with Crippen LogP contribution in [0.2, 0.25) is 65.5 Å². The highest BCUT2D eigenvalue weighted by molar-refractivity contribution is 7.22. The van der Waals surface area contributed by atoms with Crippen molar-refractivity contribution in [1.29, 1.82) is 0 Å². The van der Waals surface area contributed by atoms with Crippen molar-refractivity contribution in [3.05, 3.63) is 0 Å². The minimum atomic E-state index is -1.55. The second-order valence-corrected chi connectivity index (χ2v) is 30.9. The van der Waals surface area contributed by atoms with Crippen LogP contribution in [0.15, 0.2) is 0 Å². The number of hydrogen-bond donors (Lipinski definition) is 0. The van der Waals surface area contributed by atoms with Crippen molar-refractivity contribution in [2.24, 2.45) is 0 Å². The Bertz CT molecular complexity index is 254. The van der Waals surface area contributed by atoms with Gasteiger partial charge in [-0.3, -0.25) is 0 Å². The zero-order valence-electron chi connectivity index (χ0n) is 14.6. The second kappa shape index (κ2) is 7.30. The quantitative estimate of drug-likeness (QED) is 0.495. The summed E-state index contributed by atoms with van der Waals surface area (Å²) in [6.45, 7) is 22.7. The van der Waals surface area contributed by atoms with E-state index in [2.05, 4.69) is 65.5 Å². The molecule has 0 radical (unpaired) electrons. The van der Waals surface area contributed by atoms with Crippen LogP contribution in [-0.2, 0) is 13.0 Å². The van der Waals surface area contributed by atoms with Crippen molar-refractivity contribution in [3.8, 4) is 0 Å². The smallest absolute Gasteiger partial charge is 0.186 e. The predicted octanol–water partition coefficient (Wildman–Crippen LogP) is 2.84. The third-order valence-corrected chi connectivity index (χ3v) is 16.3. The Kier molecular flexibility index (Phi) is 7.67. The molecule has 0 aromatic heterocycles. The number of rotatable bonds is 8. The Morgan fingerprint density at radius 3 is 1.42 bits per heavy atom. The Labute approximate surface area is 127 Å². The van der Waals surface area contributed by atoms with Crippen LogP contribution in [0.4, 0.5) is 0 Å². The average molecular weight is 355 g/mol. The lowest BCUT2D eigenvalue weighted by Crippen LogP contribution is -2.53. The van der Waals surface area contributed by atoms with Gasteiger partial charge in [-0.05, 0) is 65.5 Å². The summed E-state index contributed by atoms with van der Waals surface area (Å²) in [6.07, 6.45) is 0. The monoisotopic (exact) mass is 354 g/mol. The van der Waals surface area contributed by atoms with E-state index in [1.54, 1.807) is 0 Å². The lowest BCUT2D eigenvalue weighted by molar-refractivity contribution is 0.0622. The van der Waals surface area contributed by atoms with Crippen molar-refractivity contribution in [3.63, 3.8) is 0 Å². The molecule has 8 heteroatoms. The zero-order valence-corrected chi connectivity index (χ0v) is 20.2. The van der Waals surface area contributed by atoms with Crippen LogP contribution in [-0.4, -0.2) is 48.5 Å². The van der Waals surface area contributed by atoms with Crippen LogP contribution in [0.25, 0.3) is 0 Å². The standard InChI is InChI=1S/C11H34O3Si5/c1-16(2)14-19(9,10)15-11(12-17(3,4)5)13-18(6,7)8/h11,16H,15H2,1-10H3. The normalized spacial score (nSPS) is 15.2. The molecular weight excluding hydrogens is 321 g/mol. The molecule has 0 spiro atoms. The summed E-state index contributed by atoms with van der Waals surface area (Å²) in [5, 5.41) is 0. The minimum Gasteiger partial charge on any atom is -0.461 e. The van der Waals surface area contributed by atoms with Crippen LogP contribution < -0.4 is 0 Å². The van der Waals surface area contributed by atoms with Crippen LogP contribution in [0.5, 0.6) is 0 Å². The summed E-state index contributed by atoms with van der Waals surface area (Å²) < 4.78 is 18.9. The van der Waals surface area contributed by atoms with Gasteiger partial charge in [-0.1, -0.05) is 0 Å². The lowest BCUT2D eigenvalue weighted by atomic mass is 11.5. The van der Waals surface area contributed by atoms with Gasteiger partial charge in [-0.2, -0.15) is 0 Å². The molecule has 0 aromatic carbocycles. The summed E-state index contributed by atoms with van der Waals surface area (Å²) in [7, 11) is -6.06. The van der Waals surface area contributed by atoms with Gasteiger partial charge in [0.05, 0.1) is 0 Å². The van der Waals surface area contributed by atoms with Gasteiger partial charge >= 0.3 is 0 Å². The molecular formula is C11H34O3Si5. The van der Waals surface area contributed by atoms with Gasteiger partial charge in [0.1, 0.15) is 15.0 Å². The van der Waals surface area contributed by atoms with Gasteiger partial charge in [-0.25, -0.2) is 0 Å². The second-order valence-electron chi connectivity index (χ2n) is 8.02. The molecule has 0 unspecified atom stereocenters. The van der Waals surface area contributed by atoms with E-state index >= 15 is 0 Å². The van der Waals surface area contributed by atoms with Crippen molar-refractivity contribution in [1.82, 2.24) is 0 Å². The molecule has 0 aliphatic heterocycles. The fraction of sp³-hybridized carbons (Fsp3) is 1.00. The molecule has 0 aliphatic rings. The van der Waals surface area contributed by atoms with E-state index in [4.69, 9.17) is 13.0 Å². The molecule has 19 heavy (non-hydrogen) atoms. The van der Waals surface area contributed by atoms with Crippen molar-refractivity contribution in [2.45, 2.75) is 71.4 Å². The summed E-state index contributed by atoms with van der Waals surface area (Å²) >= 11 is 0. The molecule has 0 fully saturated rings. The van der Waals surface area contributed by atoms with Crippen molar-refractivity contribution < 1.29 is 13.0 Å². The van der Waals surface area contributed by atoms with E-state index in [-0.39, 0.29) is 5.91 Å². The van der Waals surface area contributed by atoms with E-state index in [1.165, 1.54) is 0 Å². The van der Waals surface area contributed by atoms with Gasteiger partial charge < -0.3 is 13.0 Å². The molecule has 0 amide bonds. The SMILES string of the molecule is C[SiH](C)O[Si](C)(C)[SiH2]C(O[Si](C)(C)C)O[Si](C)(C)C. The highest BCUT2D eigenvalue weighted by atomic mass is 29.2. The van der Waals surface area contributed by atoms with Crippen molar-refractivity contribution in [2.75, 3.05) is 0 Å². The first-order valence-electron chi connectivity index (χ1n) is 7.24. The third kappa shape index (κ3) is 12.4. The van der Waals surface area contributed by atoms with Gasteiger partial charge in [0.25, 0.3) is 0 Å². The first-order chi connectivity index (χ1) is 8.20. The first kappa shape index (κ1) is 20.0. The maximum Gasteiger partial charge on any atom is 0.186 e. The summed E-state index contributed by atoms with van der Waals surface area (Å²) in [6, 6.07) is 0. The maximum absolute atomic E-state index is 6.31. The van der Waals surface area contributed by atoms with Crippen LogP contribution in [0, 0.1) is 0 Å². The Morgan fingerprint density at radius 2 is 1.16 bits per heavy atom. The lowest BCUT2D eigenvalue weighted by Gasteiger charge is -2.36. The van der Waals surface area contributed by atoms with Crippen molar-refractivity contribution >= 4 is 42.5 Å². The molecule has 0 saturated heterocycles. The van der Waals surface area contributed by atoms with Gasteiger partial charge in [0.15, 0.2) is 33.5 Å². The van der Waals surface area contributed by atoms with Crippen LogP contribution >= 0.6 is 0 Å². The molecule has 0 aromatic rings. The Balaban J connectivity index is 4.75. The molecule has 0 atom stereocenters. The maximum atomic E-state index is 6.31. The average Bonchev–Trinajstić information content (AvgIpc) is 1.89. The molecule has 116 valence electrons. The van der Waals surface area contributed by atoms with Crippen LogP contribution in [0.3, 0.4) is 0 Å². The Hall–Kier alpha value is 0.964. The van der Waals surface area contributed by atoms with Crippen LogP contribution in [0.1, 0.15) is 0 Å². The number of hydrogen-bond acceptors (Lipinski definition) is 3. The first-order valence-corrected chi connectivity index (χ1v) is 22.9. The van der Waals surface area contributed by atoms with Gasteiger partial charge in [-0.15, -0.1) is 0 Å². The fourth-order valence-electron chi connectivity index (χ4n) is 1.98. The molecule has 3 nitrogen and oxygen atoms in total. The van der Waals surface area contributed by atoms with E-state index in [1.807, 2.05) is 0 Å². The molecule has 0 bridgehead atoms. The molecule has 0 saturated carbocycles. The predicted molar refractivity (Wildman–Crippen MR) is 98.6 cm³/mol.